The maximum absolute atomic E-state index is 11.1. The zero-order chi connectivity index (χ0) is 14.1. The van der Waals surface area contributed by atoms with Crippen LogP contribution in [0.3, 0.4) is 0 Å². The SMILES string of the molecule is CC(=O)Cc1nccc(-c2ccc3nc(C)[nH]c3c2)n1. The lowest BCUT2D eigenvalue weighted by Crippen LogP contribution is -2.02. The van der Waals surface area contributed by atoms with E-state index in [0.717, 1.165) is 28.1 Å². The summed E-state index contributed by atoms with van der Waals surface area (Å²) in [5.74, 6) is 1.50. The third kappa shape index (κ3) is 2.42. The standard InChI is InChI=1S/C15H14N4O/c1-9(20)7-15-16-6-5-12(19-15)11-3-4-13-14(8-11)18-10(2)17-13/h3-6,8H,7H2,1-2H3,(H,17,18). The molecular formula is C15H14N4O. The Morgan fingerprint density at radius 1 is 1.25 bits per heavy atom. The smallest absolute Gasteiger partial charge is 0.137 e. The zero-order valence-corrected chi connectivity index (χ0v) is 11.3. The maximum Gasteiger partial charge on any atom is 0.137 e. The third-order valence-corrected chi connectivity index (χ3v) is 3.01. The topological polar surface area (TPSA) is 71.5 Å². The number of imidazole rings is 1. The van der Waals surface area contributed by atoms with Gasteiger partial charge in [-0.2, -0.15) is 0 Å². The molecule has 20 heavy (non-hydrogen) atoms. The second-order valence-electron chi connectivity index (χ2n) is 4.79. The number of benzene rings is 1. The first-order valence-corrected chi connectivity index (χ1v) is 6.40. The predicted molar refractivity (Wildman–Crippen MR) is 76.2 cm³/mol. The number of carbonyl (C=O) groups excluding carboxylic acids is 1. The number of rotatable bonds is 3. The van der Waals surface area contributed by atoms with Crippen molar-refractivity contribution in [1.29, 1.82) is 0 Å². The van der Waals surface area contributed by atoms with Crippen molar-refractivity contribution in [2.75, 3.05) is 0 Å². The van der Waals surface area contributed by atoms with E-state index in [1.807, 2.05) is 31.2 Å². The average molecular weight is 266 g/mol. The van der Waals surface area contributed by atoms with E-state index in [1.165, 1.54) is 6.92 Å². The molecular weight excluding hydrogens is 252 g/mol. The number of Topliss-reactive ketones (excluding diaryl/α,β-unsaturated/α-hetero) is 1. The molecule has 0 spiro atoms. The summed E-state index contributed by atoms with van der Waals surface area (Å²) >= 11 is 0. The number of hydrogen-bond acceptors (Lipinski definition) is 4. The third-order valence-electron chi connectivity index (χ3n) is 3.01. The van der Waals surface area contributed by atoms with Gasteiger partial charge in [0, 0.05) is 11.8 Å². The molecule has 0 aliphatic rings. The summed E-state index contributed by atoms with van der Waals surface area (Å²) in [6, 6.07) is 7.78. The predicted octanol–water partition coefficient (Wildman–Crippen LogP) is 2.46. The van der Waals surface area contributed by atoms with Crippen LogP contribution in [-0.4, -0.2) is 25.7 Å². The monoisotopic (exact) mass is 266 g/mol. The number of aromatic amines is 1. The number of hydrogen-bond donors (Lipinski definition) is 1. The van der Waals surface area contributed by atoms with Crippen molar-refractivity contribution in [3.05, 3.63) is 42.1 Å². The molecule has 1 N–H and O–H groups in total. The molecule has 0 unspecified atom stereocenters. The number of aromatic nitrogens is 4. The minimum atomic E-state index is 0.0572. The van der Waals surface area contributed by atoms with E-state index in [1.54, 1.807) is 6.20 Å². The summed E-state index contributed by atoms with van der Waals surface area (Å²) in [5, 5.41) is 0. The minimum absolute atomic E-state index is 0.0572. The first-order valence-electron chi connectivity index (χ1n) is 6.40. The van der Waals surface area contributed by atoms with Gasteiger partial charge in [0.2, 0.25) is 0 Å². The highest BCUT2D eigenvalue weighted by molar-refractivity contribution is 5.81. The second kappa shape index (κ2) is 4.85. The summed E-state index contributed by atoms with van der Waals surface area (Å²) in [6.07, 6.45) is 1.95. The van der Waals surface area contributed by atoms with E-state index in [4.69, 9.17) is 0 Å². The van der Waals surface area contributed by atoms with E-state index in [2.05, 4.69) is 19.9 Å². The van der Waals surface area contributed by atoms with E-state index in [0.29, 0.717) is 5.82 Å². The second-order valence-corrected chi connectivity index (χ2v) is 4.79. The molecule has 0 atom stereocenters. The molecule has 0 saturated carbocycles. The normalized spacial score (nSPS) is 10.9. The van der Waals surface area contributed by atoms with Crippen LogP contribution in [0.4, 0.5) is 0 Å². The number of nitrogens with one attached hydrogen (secondary N) is 1. The van der Waals surface area contributed by atoms with Gasteiger partial charge in [0.05, 0.1) is 23.1 Å². The number of nitrogens with zero attached hydrogens (tertiary/aromatic N) is 3. The number of fused-ring (bicyclic) bond motifs is 1. The fraction of sp³-hybridized carbons (Fsp3) is 0.200. The van der Waals surface area contributed by atoms with Crippen LogP contribution >= 0.6 is 0 Å². The molecule has 1 aromatic carbocycles. The summed E-state index contributed by atoms with van der Waals surface area (Å²) in [6.45, 7) is 3.46. The van der Waals surface area contributed by atoms with Gasteiger partial charge in [-0.05, 0) is 32.0 Å². The van der Waals surface area contributed by atoms with Gasteiger partial charge in [-0.1, -0.05) is 6.07 Å². The highest BCUT2D eigenvalue weighted by atomic mass is 16.1. The van der Waals surface area contributed by atoms with Crippen molar-refractivity contribution in [2.24, 2.45) is 0 Å². The fourth-order valence-electron chi connectivity index (χ4n) is 2.16. The Kier molecular flexibility index (Phi) is 3.02. The Balaban J connectivity index is 2.03. The Hall–Kier alpha value is -2.56. The summed E-state index contributed by atoms with van der Waals surface area (Å²) < 4.78 is 0. The van der Waals surface area contributed by atoms with Crippen LogP contribution < -0.4 is 0 Å². The molecule has 5 heteroatoms. The van der Waals surface area contributed by atoms with Crippen molar-refractivity contribution in [3.63, 3.8) is 0 Å². The van der Waals surface area contributed by atoms with E-state index in [-0.39, 0.29) is 12.2 Å². The maximum atomic E-state index is 11.1. The van der Waals surface area contributed by atoms with Gasteiger partial charge in [-0.25, -0.2) is 15.0 Å². The number of aryl methyl sites for hydroxylation is 1. The first-order chi connectivity index (χ1) is 9.61. The van der Waals surface area contributed by atoms with Crippen LogP contribution in [-0.2, 0) is 11.2 Å². The van der Waals surface area contributed by atoms with Crippen molar-refractivity contribution < 1.29 is 4.79 Å². The van der Waals surface area contributed by atoms with Gasteiger partial charge in [-0.3, -0.25) is 4.79 Å². The van der Waals surface area contributed by atoms with Crippen LogP contribution in [0.25, 0.3) is 22.3 Å². The van der Waals surface area contributed by atoms with Crippen molar-refractivity contribution in [3.8, 4) is 11.3 Å². The minimum Gasteiger partial charge on any atom is -0.342 e. The van der Waals surface area contributed by atoms with Crippen LogP contribution in [0.1, 0.15) is 18.6 Å². The zero-order valence-electron chi connectivity index (χ0n) is 11.3. The number of carbonyl (C=O) groups is 1. The first kappa shape index (κ1) is 12.5. The lowest BCUT2D eigenvalue weighted by Gasteiger charge is -2.03. The fourth-order valence-corrected chi connectivity index (χ4v) is 2.16. The van der Waals surface area contributed by atoms with Crippen LogP contribution in [0, 0.1) is 6.92 Å². The molecule has 0 aliphatic heterocycles. The summed E-state index contributed by atoms with van der Waals surface area (Å²) in [5.41, 5.74) is 3.70. The molecule has 100 valence electrons. The Labute approximate surface area is 116 Å². The van der Waals surface area contributed by atoms with Crippen LogP contribution in [0.15, 0.2) is 30.5 Å². The Morgan fingerprint density at radius 2 is 2.10 bits per heavy atom. The average Bonchev–Trinajstić information content (AvgIpc) is 2.77. The van der Waals surface area contributed by atoms with Gasteiger partial charge < -0.3 is 4.98 Å². The summed E-state index contributed by atoms with van der Waals surface area (Å²) in [4.78, 5) is 27.3. The van der Waals surface area contributed by atoms with Crippen molar-refractivity contribution >= 4 is 16.8 Å². The van der Waals surface area contributed by atoms with Gasteiger partial charge >= 0.3 is 0 Å². The molecule has 0 saturated heterocycles. The lowest BCUT2D eigenvalue weighted by molar-refractivity contribution is -0.116. The molecule has 0 bridgehead atoms. The number of H-pyrrole nitrogens is 1. The molecule has 0 radical (unpaired) electrons. The molecule has 0 amide bonds. The molecule has 3 rings (SSSR count). The summed E-state index contributed by atoms with van der Waals surface area (Å²) in [7, 11) is 0. The highest BCUT2D eigenvalue weighted by Crippen LogP contribution is 2.21. The van der Waals surface area contributed by atoms with E-state index >= 15 is 0 Å². The molecule has 0 aliphatic carbocycles. The number of ketones is 1. The molecule has 2 aromatic heterocycles. The van der Waals surface area contributed by atoms with Gasteiger partial charge in [0.25, 0.3) is 0 Å². The van der Waals surface area contributed by atoms with E-state index in [9.17, 15) is 4.79 Å². The van der Waals surface area contributed by atoms with Gasteiger partial charge in [0.1, 0.15) is 17.4 Å². The highest BCUT2D eigenvalue weighted by Gasteiger charge is 2.06. The van der Waals surface area contributed by atoms with Crippen LogP contribution in [0.2, 0.25) is 0 Å². The largest absolute Gasteiger partial charge is 0.342 e. The van der Waals surface area contributed by atoms with E-state index < -0.39 is 0 Å². The van der Waals surface area contributed by atoms with Crippen LogP contribution in [0.5, 0.6) is 0 Å². The molecule has 3 aromatic rings. The molecule has 0 fully saturated rings. The van der Waals surface area contributed by atoms with Gasteiger partial charge in [0.15, 0.2) is 0 Å². The quantitative estimate of drug-likeness (QED) is 0.790. The Bertz CT molecular complexity index is 791. The molecule has 2 heterocycles. The Morgan fingerprint density at radius 3 is 2.90 bits per heavy atom. The van der Waals surface area contributed by atoms with Crippen molar-refractivity contribution in [1.82, 2.24) is 19.9 Å². The lowest BCUT2D eigenvalue weighted by atomic mass is 10.1. The molecule has 5 nitrogen and oxygen atoms in total. The van der Waals surface area contributed by atoms with Gasteiger partial charge in [-0.15, -0.1) is 0 Å². The van der Waals surface area contributed by atoms with Crippen molar-refractivity contribution in [2.45, 2.75) is 20.3 Å².